The second-order valence-electron chi connectivity index (χ2n) is 10.8. The first-order chi connectivity index (χ1) is 20.4. The molecule has 42 heavy (non-hydrogen) atoms. The van der Waals surface area contributed by atoms with Crippen LogP contribution in [0, 0.1) is 12.7 Å². The summed E-state index contributed by atoms with van der Waals surface area (Å²) in [5.41, 5.74) is 2.61. The predicted octanol–water partition coefficient (Wildman–Crippen LogP) is 5.31. The quantitative estimate of drug-likeness (QED) is 0.213. The number of hydrogen-bond acceptors (Lipinski definition) is 9. The minimum Gasteiger partial charge on any atom is -0.493 e. The molecule has 4 heterocycles. The van der Waals surface area contributed by atoms with Crippen LogP contribution in [0.3, 0.4) is 0 Å². The van der Waals surface area contributed by atoms with Crippen LogP contribution in [0.25, 0.3) is 11.0 Å². The largest absolute Gasteiger partial charge is 0.514 e. The highest BCUT2D eigenvalue weighted by atomic mass is 19.1. The van der Waals surface area contributed by atoms with E-state index in [-0.39, 0.29) is 23.0 Å². The van der Waals surface area contributed by atoms with Gasteiger partial charge >= 0.3 is 6.16 Å². The number of carbonyl (C=O) groups is 1. The average Bonchev–Trinajstić information content (AvgIpc) is 3.41. The first-order valence-corrected chi connectivity index (χ1v) is 14.3. The van der Waals surface area contributed by atoms with Gasteiger partial charge in [0, 0.05) is 41.7 Å². The molecule has 1 unspecified atom stereocenters. The zero-order valence-electron chi connectivity index (χ0n) is 23.7. The molecule has 0 spiro atoms. The minimum absolute atomic E-state index is 0.0833. The molecule has 2 aromatic heterocycles. The van der Waals surface area contributed by atoms with Crippen molar-refractivity contribution in [2.24, 2.45) is 0 Å². The highest BCUT2D eigenvalue weighted by Gasteiger charge is 2.30. The number of nitrogens with zero attached hydrogens (tertiary/aromatic N) is 4. The number of benzene rings is 2. The second-order valence-corrected chi connectivity index (χ2v) is 10.8. The Morgan fingerprint density at radius 3 is 2.67 bits per heavy atom. The number of ether oxygens (including phenoxy) is 3. The molecule has 4 aromatic rings. The predicted molar refractivity (Wildman–Crippen MR) is 151 cm³/mol. The molecular formula is C31H33FN4O6. The minimum atomic E-state index is -0.872. The SMILES string of the molecule is COc1ccccc1OC(=O)OC1CCCn2c1nc(C)c(CCN1CCC(c3noc4cc(F)ccc34)CC1)c2=O. The molecule has 0 bridgehead atoms. The number of aromatic nitrogens is 3. The van der Waals surface area contributed by atoms with Crippen LogP contribution in [0.2, 0.25) is 0 Å². The molecule has 2 aliphatic heterocycles. The summed E-state index contributed by atoms with van der Waals surface area (Å²) in [6.45, 7) is 4.82. The zero-order valence-corrected chi connectivity index (χ0v) is 23.7. The Morgan fingerprint density at radius 1 is 1.10 bits per heavy atom. The van der Waals surface area contributed by atoms with Crippen LogP contribution >= 0.6 is 0 Å². The average molecular weight is 577 g/mol. The third kappa shape index (κ3) is 5.61. The summed E-state index contributed by atoms with van der Waals surface area (Å²) < 4.78 is 36.8. The maximum Gasteiger partial charge on any atom is 0.514 e. The lowest BCUT2D eigenvalue weighted by atomic mass is 9.91. The summed E-state index contributed by atoms with van der Waals surface area (Å²) in [6, 6.07) is 11.4. The highest BCUT2D eigenvalue weighted by Crippen LogP contribution is 2.33. The first kappa shape index (κ1) is 27.9. The van der Waals surface area contributed by atoms with Crippen molar-refractivity contribution in [3.8, 4) is 11.5 Å². The van der Waals surface area contributed by atoms with Crippen LogP contribution in [0.4, 0.5) is 9.18 Å². The number of para-hydroxylation sites is 2. The maximum absolute atomic E-state index is 13.5. The van der Waals surface area contributed by atoms with E-state index >= 15 is 0 Å². The van der Waals surface area contributed by atoms with Crippen molar-refractivity contribution in [1.29, 1.82) is 0 Å². The van der Waals surface area contributed by atoms with Gasteiger partial charge in [0.05, 0.1) is 12.8 Å². The normalized spacial score (nSPS) is 17.6. The van der Waals surface area contributed by atoms with E-state index in [9.17, 15) is 14.0 Å². The maximum atomic E-state index is 13.5. The molecule has 2 aliphatic rings. The summed E-state index contributed by atoms with van der Waals surface area (Å²) in [7, 11) is 1.49. The third-order valence-corrected chi connectivity index (χ3v) is 8.25. The molecule has 0 radical (unpaired) electrons. The van der Waals surface area contributed by atoms with Crippen LogP contribution < -0.4 is 15.0 Å². The summed E-state index contributed by atoms with van der Waals surface area (Å²) in [5, 5.41) is 5.11. The molecule has 1 saturated heterocycles. The molecule has 11 heteroatoms. The van der Waals surface area contributed by atoms with E-state index in [1.165, 1.54) is 19.2 Å². The molecule has 2 aromatic carbocycles. The van der Waals surface area contributed by atoms with Crippen molar-refractivity contribution in [3.05, 3.63) is 81.4 Å². The van der Waals surface area contributed by atoms with Crippen molar-refractivity contribution in [2.75, 3.05) is 26.7 Å². The van der Waals surface area contributed by atoms with Gasteiger partial charge in [-0.05, 0) is 76.4 Å². The van der Waals surface area contributed by atoms with Crippen molar-refractivity contribution in [1.82, 2.24) is 19.6 Å². The summed E-state index contributed by atoms with van der Waals surface area (Å²) in [4.78, 5) is 33.2. The van der Waals surface area contributed by atoms with Crippen LogP contribution in [0.5, 0.6) is 11.5 Å². The van der Waals surface area contributed by atoms with Gasteiger partial charge in [-0.2, -0.15) is 0 Å². The highest BCUT2D eigenvalue weighted by molar-refractivity contribution is 5.79. The molecule has 0 saturated carbocycles. The fraction of sp³-hybridized carbons (Fsp3) is 0.419. The smallest absolute Gasteiger partial charge is 0.493 e. The molecule has 1 fully saturated rings. The summed E-state index contributed by atoms with van der Waals surface area (Å²) in [5.74, 6) is 1.03. The number of rotatable bonds is 7. The Bertz CT molecular complexity index is 1660. The molecule has 0 N–H and O–H groups in total. The molecule has 0 amide bonds. The van der Waals surface area contributed by atoms with Crippen LogP contribution in [0.15, 0.2) is 51.8 Å². The van der Waals surface area contributed by atoms with E-state index in [2.05, 4.69) is 10.1 Å². The fourth-order valence-corrected chi connectivity index (χ4v) is 6.00. The number of methoxy groups -OCH3 is 1. The van der Waals surface area contributed by atoms with Gasteiger partial charge in [-0.1, -0.05) is 17.3 Å². The number of halogens is 1. The lowest BCUT2D eigenvalue weighted by molar-refractivity contribution is 0.0395. The van der Waals surface area contributed by atoms with E-state index in [1.807, 2.05) is 6.92 Å². The summed E-state index contributed by atoms with van der Waals surface area (Å²) in [6.07, 6.45) is 2.08. The molecule has 6 rings (SSSR count). The molecule has 10 nitrogen and oxygen atoms in total. The topological polar surface area (TPSA) is 109 Å². The van der Waals surface area contributed by atoms with Gasteiger partial charge in [0.1, 0.15) is 5.82 Å². The van der Waals surface area contributed by atoms with Gasteiger partial charge in [0.2, 0.25) is 0 Å². The van der Waals surface area contributed by atoms with E-state index < -0.39 is 12.3 Å². The van der Waals surface area contributed by atoms with Gasteiger partial charge in [0.15, 0.2) is 29.0 Å². The van der Waals surface area contributed by atoms with E-state index in [1.54, 1.807) is 34.9 Å². The van der Waals surface area contributed by atoms with E-state index in [4.69, 9.17) is 23.7 Å². The van der Waals surface area contributed by atoms with Gasteiger partial charge < -0.3 is 23.6 Å². The zero-order chi connectivity index (χ0) is 29.2. The van der Waals surface area contributed by atoms with Crippen molar-refractivity contribution < 1.29 is 27.9 Å². The number of aryl methyl sites for hydroxylation is 1. The van der Waals surface area contributed by atoms with Gasteiger partial charge in [-0.15, -0.1) is 0 Å². The molecule has 220 valence electrons. The second kappa shape index (κ2) is 11.9. The third-order valence-electron chi connectivity index (χ3n) is 8.25. The standard InChI is InChI=1S/C31H33FN4O6/c1-19-22(13-17-35-15-11-20(12-16-35)28-23-10-9-21(32)18-27(23)42-34-28)30(37)36-14-5-8-26(29(36)33-19)41-31(38)40-25-7-4-3-6-24(25)39-2/h3-4,6-7,9-10,18,20,26H,5,8,11-17H2,1-2H3. The Kier molecular flexibility index (Phi) is 7.92. The first-order valence-electron chi connectivity index (χ1n) is 14.3. The number of carbonyl (C=O) groups excluding carboxylic acids is 1. The summed E-state index contributed by atoms with van der Waals surface area (Å²) >= 11 is 0. The number of fused-ring (bicyclic) bond motifs is 2. The Morgan fingerprint density at radius 2 is 1.88 bits per heavy atom. The Hall–Kier alpha value is -4.25. The van der Waals surface area contributed by atoms with E-state index in [0.29, 0.717) is 54.2 Å². The fourth-order valence-electron chi connectivity index (χ4n) is 6.00. The monoisotopic (exact) mass is 576 g/mol. The lowest BCUT2D eigenvalue weighted by Gasteiger charge is -2.31. The van der Waals surface area contributed by atoms with Crippen LogP contribution in [-0.4, -0.2) is 52.5 Å². The molecule has 0 aliphatic carbocycles. The lowest BCUT2D eigenvalue weighted by Crippen LogP contribution is -2.38. The van der Waals surface area contributed by atoms with Crippen LogP contribution in [0.1, 0.15) is 60.5 Å². The van der Waals surface area contributed by atoms with Gasteiger partial charge in [-0.3, -0.25) is 9.36 Å². The number of hydrogen-bond donors (Lipinski definition) is 0. The van der Waals surface area contributed by atoms with Crippen molar-refractivity contribution in [3.63, 3.8) is 0 Å². The van der Waals surface area contributed by atoms with Crippen molar-refractivity contribution in [2.45, 2.75) is 57.6 Å². The van der Waals surface area contributed by atoms with Crippen LogP contribution in [-0.2, 0) is 17.7 Å². The molecule has 1 atom stereocenters. The van der Waals surface area contributed by atoms with E-state index in [0.717, 1.165) is 43.6 Å². The Labute approximate surface area is 242 Å². The van der Waals surface area contributed by atoms with Gasteiger partial charge in [0.25, 0.3) is 5.56 Å². The number of likely N-dealkylation sites (tertiary alicyclic amines) is 1. The van der Waals surface area contributed by atoms with Gasteiger partial charge in [-0.25, -0.2) is 14.2 Å². The molecular weight excluding hydrogens is 543 g/mol. The number of piperidine rings is 1. The van der Waals surface area contributed by atoms with Crippen molar-refractivity contribution >= 4 is 17.1 Å². The Balaban J connectivity index is 1.09.